The Balaban J connectivity index is 1.71. The SMILES string of the molecule is C[C@]12CC[C@H]3[C@@H](CC=C4C[C@H](O)CC(F)[C@@]43C)[C@@H]1CC[C@H]2O. The van der Waals surface area contributed by atoms with E-state index in [0.29, 0.717) is 30.6 Å². The summed E-state index contributed by atoms with van der Waals surface area (Å²) in [5.74, 6) is 1.44. The highest BCUT2D eigenvalue weighted by Crippen LogP contribution is 2.65. The zero-order chi connectivity index (χ0) is 15.7. The molecule has 0 saturated heterocycles. The van der Waals surface area contributed by atoms with Crippen molar-refractivity contribution in [1.82, 2.24) is 0 Å². The molecule has 2 N–H and O–H groups in total. The number of alkyl halides is 1. The number of halogens is 1. The number of aliphatic hydroxyl groups excluding tert-OH is 2. The fourth-order valence-electron chi connectivity index (χ4n) is 6.63. The van der Waals surface area contributed by atoms with Gasteiger partial charge in [-0.15, -0.1) is 0 Å². The van der Waals surface area contributed by atoms with Gasteiger partial charge in [-0.1, -0.05) is 25.5 Å². The first-order valence-electron chi connectivity index (χ1n) is 9.07. The minimum Gasteiger partial charge on any atom is -0.393 e. The molecule has 4 rings (SSSR count). The Labute approximate surface area is 132 Å². The second-order valence-electron chi connectivity index (χ2n) is 8.82. The molecular formula is C19H29FO2. The molecule has 0 aromatic carbocycles. The van der Waals surface area contributed by atoms with Crippen LogP contribution in [0.25, 0.3) is 0 Å². The summed E-state index contributed by atoms with van der Waals surface area (Å²) in [6.45, 7) is 4.37. The highest BCUT2D eigenvalue weighted by atomic mass is 19.1. The van der Waals surface area contributed by atoms with Crippen LogP contribution in [0.4, 0.5) is 4.39 Å². The summed E-state index contributed by atoms with van der Waals surface area (Å²) in [5.41, 5.74) is 0.835. The van der Waals surface area contributed by atoms with Crippen molar-refractivity contribution in [3.8, 4) is 0 Å². The molecule has 4 aliphatic rings. The number of hydrogen-bond donors (Lipinski definition) is 2. The zero-order valence-corrected chi connectivity index (χ0v) is 13.8. The topological polar surface area (TPSA) is 40.5 Å². The maximum absolute atomic E-state index is 15.0. The van der Waals surface area contributed by atoms with Crippen molar-refractivity contribution in [2.75, 3.05) is 0 Å². The molecule has 1 unspecified atom stereocenters. The molecule has 0 aromatic rings. The van der Waals surface area contributed by atoms with Gasteiger partial charge in [0, 0.05) is 11.8 Å². The third-order valence-corrected chi connectivity index (χ3v) is 8.07. The van der Waals surface area contributed by atoms with Crippen molar-refractivity contribution < 1.29 is 14.6 Å². The van der Waals surface area contributed by atoms with Gasteiger partial charge >= 0.3 is 0 Å². The summed E-state index contributed by atoms with van der Waals surface area (Å²) in [6.07, 6.45) is 6.66. The summed E-state index contributed by atoms with van der Waals surface area (Å²) in [7, 11) is 0. The van der Waals surface area contributed by atoms with Gasteiger partial charge in [0.15, 0.2) is 0 Å². The molecule has 0 bridgehead atoms. The average Bonchev–Trinajstić information content (AvgIpc) is 2.77. The molecule has 4 aliphatic carbocycles. The van der Waals surface area contributed by atoms with E-state index in [0.717, 1.165) is 32.1 Å². The quantitative estimate of drug-likeness (QED) is 0.671. The first kappa shape index (κ1) is 15.1. The molecule has 3 saturated carbocycles. The Hall–Kier alpha value is -0.410. The first-order valence-corrected chi connectivity index (χ1v) is 9.07. The molecule has 22 heavy (non-hydrogen) atoms. The van der Waals surface area contributed by atoms with E-state index in [-0.39, 0.29) is 16.9 Å². The lowest BCUT2D eigenvalue weighted by Crippen LogP contribution is -2.54. The van der Waals surface area contributed by atoms with Crippen molar-refractivity contribution in [2.45, 2.75) is 77.2 Å². The molecular weight excluding hydrogens is 279 g/mol. The van der Waals surface area contributed by atoms with Crippen molar-refractivity contribution in [1.29, 1.82) is 0 Å². The molecule has 0 amide bonds. The molecule has 0 spiro atoms. The molecule has 3 heteroatoms. The molecule has 2 nitrogen and oxygen atoms in total. The highest BCUT2D eigenvalue weighted by molar-refractivity contribution is 5.27. The summed E-state index contributed by atoms with van der Waals surface area (Å²) >= 11 is 0. The minimum absolute atomic E-state index is 0.0445. The number of fused-ring (bicyclic) bond motifs is 5. The van der Waals surface area contributed by atoms with Gasteiger partial charge < -0.3 is 10.2 Å². The van der Waals surface area contributed by atoms with Gasteiger partial charge in [-0.05, 0) is 61.7 Å². The Morgan fingerprint density at radius 2 is 1.91 bits per heavy atom. The average molecular weight is 308 g/mol. The highest BCUT2D eigenvalue weighted by Gasteiger charge is 2.60. The predicted octanol–water partition coefficient (Wildman–Crippen LogP) is 3.62. The van der Waals surface area contributed by atoms with Gasteiger partial charge in [0.1, 0.15) is 6.17 Å². The summed E-state index contributed by atoms with van der Waals surface area (Å²) in [6, 6.07) is 0. The fraction of sp³-hybridized carbons (Fsp3) is 0.895. The maximum atomic E-state index is 15.0. The third-order valence-electron chi connectivity index (χ3n) is 8.07. The van der Waals surface area contributed by atoms with Crippen LogP contribution in [0.3, 0.4) is 0 Å². The van der Waals surface area contributed by atoms with E-state index in [1.807, 2.05) is 0 Å². The van der Waals surface area contributed by atoms with Crippen molar-refractivity contribution in [3.05, 3.63) is 11.6 Å². The van der Waals surface area contributed by atoms with E-state index in [1.165, 1.54) is 5.57 Å². The fourth-order valence-corrected chi connectivity index (χ4v) is 6.63. The van der Waals surface area contributed by atoms with Gasteiger partial charge in [0.25, 0.3) is 0 Å². The lowest BCUT2D eigenvalue weighted by molar-refractivity contribution is -0.0937. The van der Waals surface area contributed by atoms with E-state index in [2.05, 4.69) is 19.9 Å². The van der Waals surface area contributed by atoms with E-state index in [1.54, 1.807) is 0 Å². The zero-order valence-electron chi connectivity index (χ0n) is 13.8. The second-order valence-corrected chi connectivity index (χ2v) is 8.82. The van der Waals surface area contributed by atoms with Gasteiger partial charge in [0.05, 0.1) is 12.2 Å². The largest absolute Gasteiger partial charge is 0.393 e. The van der Waals surface area contributed by atoms with Gasteiger partial charge in [0.2, 0.25) is 0 Å². The van der Waals surface area contributed by atoms with Crippen LogP contribution in [-0.4, -0.2) is 28.6 Å². The second kappa shape index (κ2) is 4.80. The van der Waals surface area contributed by atoms with Crippen molar-refractivity contribution in [2.24, 2.45) is 28.6 Å². The van der Waals surface area contributed by atoms with Crippen LogP contribution in [-0.2, 0) is 0 Å². The molecule has 8 atom stereocenters. The summed E-state index contributed by atoms with van der Waals surface area (Å²) in [5, 5.41) is 20.4. The molecule has 0 radical (unpaired) electrons. The van der Waals surface area contributed by atoms with Crippen LogP contribution in [0.15, 0.2) is 11.6 Å². The molecule has 0 aromatic heterocycles. The Kier molecular flexibility index (Phi) is 3.30. The number of aliphatic hydroxyl groups is 2. The number of allylic oxidation sites excluding steroid dienone is 1. The van der Waals surface area contributed by atoms with E-state index in [9.17, 15) is 14.6 Å². The van der Waals surface area contributed by atoms with Crippen molar-refractivity contribution in [3.63, 3.8) is 0 Å². The third kappa shape index (κ3) is 1.78. The van der Waals surface area contributed by atoms with Crippen LogP contribution >= 0.6 is 0 Å². The van der Waals surface area contributed by atoms with Crippen molar-refractivity contribution >= 4 is 0 Å². The Morgan fingerprint density at radius 3 is 2.68 bits per heavy atom. The predicted molar refractivity (Wildman–Crippen MR) is 84.0 cm³/mol. The minimum atomic E-state index is -0.925. The lowest BCUT2D eigenvalue weighted by Gasteiger charge is -2.58. The van der Waals surface area contributed by atoms with E-state index >= 15 is 0 Å². The van der Waals surface area contributed by atoms with Crippen LogP contribution in [0.5, 0.6) is 0 Å². The van der Waals surface area contributed by atoms with E-state index < -0.39 is 12.3 Å². The van der Waals surface area contributed by atoms with Crippen LogP contribution in [0.2, 0.25) is 0 Å². The van der Waals surface area contributed by atoms with E-state index in [4.69, 9.17) is 0 Å². The molecule has 0 heterocycles. The molecule has 124 valence electrons. The maximum Gasteiger partial charge on any atom is 0.112 e. The monoisotopic (exact) mass is 308 g/mol. The van der Waals surface area contributed by atoms with Crippen LogP contribution in [0.1, 0.15) is 58.8 Å². The van der Waals surface area contributed by atoms with Gasteiger partial charge in [-0.3, -0.25) is 0 Å². The van der Waals surface area contributed by atoms with Gasteiger partial charge in [-0.25, -0.2) is 4.39 Å². The number of rotatable bonds is 0. The Morgan fingerprint density at radius 1 is 1.14 bits per heavy atom. The molecule has 3 fully saturated rings. The molecule has 0 aliphatic heterocycles. The van der Waals surface area contributed by atoms with Gasteiger partial charge in [-0.2, -0.15) is 0 Å². The Bertz CT molecular complexity index is 504. The summed E-state index contributed by atoms with van der Waals surface area (Å²) < 4.78 is 15.0. The normalized spacial score (nSPS) is 57.6. The first-order chi connectivity index (χ1) is 10.4. The van der Waals surface area contributed by atoms with Crippen LogP contribution in [0, 0.1) is 28.6 Å². The smallest absolute Gasteiger partial charge is 0.112 e. The standard InChI is InChI=1S/C19H29FO2/c1-18-8-7-15-13(14(18)5-6-17(18)22)4-3-11-9-12(21)10-16(20)19(11,15)2/h3,12-17,21-22H,4-10H2,1-2H3/t12-,13-,14-,15-,16?,17+,18-,19-/m0/s1. The number of hydrogen-bond acceptors (Lipinski definition) is 2. The lowest BCUT2D eigenvalue weighted by atomic mass is 9.47. The van der Waals surface area contributed by atoms with Crippen LogP contribution < -0.4 is 0 Å². The summed E-state index contributed by atoms with van der Waals surface area (Å²) in [4.78, 5) is 0.